The Hall–Kier alpha value is -2.57. The van der Waals surface area contributed by atoms with Gasteiger partial charge in [-0.1, -0.05) is 48.9 Å². The molecule has 0 radical (unpaired) electrons. The number of ketones is 1. The van der Waals surface area contributed by atoms with Crippen molar-refractivity contribution in [2.24, 2.45) is 7.05 Å². The van der Waals surface area contributed by atoms with Crippen LogP contribution < -0.4 is 4.72 Å². The van der Waals surface area contributed by atoms with Crippen molar-refractivity contribution >= 4 is 33.1 Å². The van der Waals surface area contributed by atoms with Crippen molar-refractivity contribution in [1.82, 2.24) is 4.57 Å². The molecule has 3 aromatic rings. The predicted molar refractivity (Wildman–Crippen MR) is 112 cm³/mol. The van der Waals surface area contributed by atoms with Crippen molar-refractivity contribution in [3.63, 3.8) is 0 Å². The largest absolute Gasteiger partial charge is 0.339 e. The van der Waals surface area contributed by atoms with E-state index in [-0.39, 0.29) is 17.1 Å². The van der Waals surface area contributed by atoms with Crippen LogP contribution in [0.4, 0.5) is 5.69 Å². The first kappa shape index (κ1) is 20.2. The third kappa shape index (κ3) is 3.70. The average Bonchev–Trinajstić information content (AvgIpc) is 2.92. The number of nitrogens with zero attached hydrogens (tertiary/aromatic N) is 1. The van der Waals surface area contributed by atoms with E-state index in [0.29, 0.717) is 22.0 Å². The van der Waals surface area contributed by atoms with Crippen molar-refractivity contribution in [2.45, 2.75) is 25.2 Å². The Balaban J connectivity index is 2.19. The maximum Gasteiger partial charge on any atom is 0.261 e. The molecule has 1 heterocycles. The lowest BCUT2D eigenvalue weighted by Gasteiger charge is -2.10. The van der Waals surface area contributed by atoms with Crippen LogP contribution >= 0.6 is 11.6 Å². The lowest BCUT2D eigenvalue weighted by atomic mass is 10.1. The van der Waals surface area contributed by atoms with E-state index >= 15 is 0 Å². The van der Waals surface area contributed by atoms with Crippen LogP contribution in [-0.2, 0) is 17.1 Å². The van der Waals surface area contributed by atoms with E-state index in [0.717, 1.165) is 11.3 Å². The van der Waals surface area contributed by atoms with Crippen LogP contribution in [-0.4, -0.2) is 18.8 Å². The van der Waals surface area contributed by atoms with Crippen LogP contribution in [0.5, 0.6) is 0 Å². The fourth-order valence-corrected chi connectivity index (χ4v) is 4.53. The van der Waals surface area contributed by atoms with Crippen molar-refractivity contribution < 1.29 is 13.2 Å². The molecule has 0 saturated carbocycles. The molecule has 3 rings (SSSR count). The first-order valence-electron chi connectivity index (χ1n) is 8.82. The number of anilines is 1. The molecule has 0 saturated heterocycles. The number of halogens is 1. The zero-order chi connectivity index (χ0) is 20.5. The molecule has 146 valence electrons. The Morgan fingerprint density at radius 2 is 1.68 bits per heavy atom. The van der Waals surface area contributed by atoms with Gasteiger partial charge in [0.25, 0.3) is 10.0 Å². The van der Waals surface area contributed by atoms with E-state index in [1.165, 1.54) is 12.1 Å². The fourth-order valence-electron chi connectivity index (χ4n) is 3.26. The molecule has 28 heavy (non-hydrogen) atoms. The Kier molecular flexibility index (Phi) is 5.63. The van der Waals surface area contributed by atoms with Gasteiger partial charge < -0.3 is 4.57 Å². The van der Waals surface area contributed by atoms with Crippen molar-refractivity contribution in [3.8, 4) is 11.3 Å². The maximum absolute atomic E-state index is 12.9. The van der Waals surface area contributed by atoms with Gasteiger partial charge in [-0.25, -0.2) is 8.42 Å². The number of carbonyl (C=O) groups is 1. The molecule has 0 aliphatic heterocycles. The highest BCUT2D eigenvalue weighted by Crippen LogP contribution is 2.36. The van der Waals surface area contributed by atoms with Gasteiger partial charge in [0.05, 0.1) is 16.3 Å². The number of sulfonamides is 1. The quantitative estimate of drug-likeness (QED) is 0.572. The summed E-state index contributed by atoms with van der Waals surface area (Å²) in [5.41, 5.74) is 2.94. The standard InChI is InChI=1S/C21H21ClN2O3S/c1-4-18(25)21-19(23-28(26,27)17-8-6-5-7-9-17)14(2)20(24(21)3)15-10-12-16(22)13-11-15/h5-13,23H,4H2,1-3H3. The lowest BCUT2D eigenvalue weighted by molar-refractivity contribution is 0.0981. The summed E-state index contributed by atoms with van der Waals surface area (Å²) in [5, 5.41) is 0.602. The molecule has 1 N–H and O–H groups in total. The third-order valence-electron chi connectivity index (χ3n) is 4.63. The molecule has 0 atom stereocenters. The summed E-state index contributed by atoms with van der Waals surface area (Å²) in [6.45, 7) is 3.56. The van der Waals surface area contributed by atoms with Gasteiger partial charge in [-0.2, -0.15) is 0 Å². The molecule has 0 aliphatic rings. The Bertz CT molecular complexity index is 1120. The molecular weight excluding hydrogens is 396 g/mol. The Morgan fingerprint density at radius 1 is 1.07 bits per heavy atom. The number of Topliss-reactive ketones (excluding diaryl/α,β-unsaturated/α-hetero) is 1. The topological polar surface area (TPSA) is 68.2 Å². The first-order chi connectivity index (χ1) is 13.3. The number of carbonyl (C=O) groups excluding carboxylic acids is 1. The van der Waals surface area contributed by atoms with Crippen LogP contribution in [0, 0.1) is 6.92 Å². The number of rotatable bonds is 6. The van der Waals surface area contributed by atoms with Gasteiger partial charge in [0.2, 0.25) is 0 Å². The second-order valence-corrected chi connectivity index (χ2v) is 8.58. The summed E-state index contributed by atoms with van der Waals surface area (Å²) in [6, 6.07) is 15.3. The van der Waals surface area contributed by atoms with Crippen molar-refractivity contribution in [2.75, 3.05) is 4.72 Å². The minimum atomic E-state index is -3.83. The summed E-state index contributed by atoms with van der Waals surface area (Å²) in [6.07, 6.45) is 0.261. The molecule has 5 nitrogen and oxygen atoms in total. The van der Waals surface area contributed by atoms with Gasteiger partial charge in [-0.3, -0.25) is 9.52 Å². The van der Waals surface area contributed by atoms with Crippen molar-refractivity contribution in [3.05, 3.63) is 70.9 Å². The normalized spacial score (nSPS) is 11.4. The van der Waals surface area contributed by atoms with E-state index in [1.54, 1.807) is 55.8 Å². The van der Waals surface area contributed by atoms with E-state index in [9.17, 15) is 13.2 Å². The summed E-state index contributed by atoms with van der Waals surface area (Å²) in [4.78, 5) is 12.8. The van der Waals surface area contributed by atoms with Gasteiger partial charge in [0, 0.05) is 18.5 Å². The second kappa shape index (κ2) is 7.81. The number of benzene rings is 2. The van der Waals surface area contributed by atoms with E-state index in [2.05, 4.69) is 4.72 Å². The lowest BCUT2D eigenvalue weighted by Crippen LogP contribution is -2.16. The average molecular weight is 417 g/mol. The smallest absolute Gasteiger partial charge is 0.261 e. The molecule has 0 unspecified atom stereocenters. The monoisotopic (exact) mass is 416 g/mol. The molecule has 7 heteroatoms. The van der Waals surface area contributed by atoms with E-state index < -0.39 is 10.0 Å². The van der Waals surface area contributed by atoms with Gasteiger partial charge >= 0.3 is 0 Å². The highest BCUT2D eigenvalue weighted by molar-refractivity contribution is 7.92. The predicted octanol–water partition coefficient (Wildman–Crippen LogP) is 5.05. The van der Waals surface area contributed by atoms with Crippen molar-refractivity contribution in [1.29, 1.82) is 0 Å². The molecule has 0 aliphatic carbocycles. The second-order valence-electron chi connectivity index (χ2n) is 6.46. The van der Waals surface area contributed by atoms with E-state index in [4.69, 9.17) is 11.6 Å². The van der Waals surface area contributed by atoms with Gasteiger partial charge in [0.1, 0.15) is 5.69 Å². The number of hydrogen-bond donors (Lipinski definition) is 1. The zero-order valence-electron chi connectivity index (χ0n) is 15.9. The Labute approximate surface area is 170 Å². The number of hydrogen-bond acceptors (Lipinski definition) is 3. The van der Waals surface area contributed by atoms with Gasteiger partial charge in [0.15, 0.2) is 5.78 Å². The minimum Gasteiger partial charge on any atom is -0.339 e. The van der Waals surface area contributed by atoms with Crippen LogP contribution in [0.3, 0.4) is 0 Å². The van der Waals surface area contributed by atoms with Crippen LogP contribution in [0.25, 0.3) is 11.3 Å². The van der Waals surface area contributed by atoms with Gasteiger partial charge in [-0.15, -0.1) is 0 Å². The summed E-state index contributed by atoms with van der Waals surface area (Å²) in [7, 11) is -2.07. The SMILES string of the molecule is CCC(=O)c1c(NS(=O)(=O)c2ccccc2)c(C)c(-c2ccc(Cl)cc2)n1C. The molecule has 0 bridgehead atoms. The van der Waals surface area contributed by atoms with Crippen LogP contribution in [0.15, 0.2) is 59.5 Å². The maximum atomic E-state index is 12.9. The minimum absolute atomic E-state index is 0.140. The first-order valence-corrected chi connectivity index (χ1v) is 10.7. The third-order valence-corrected chi connectivity index (χ3v) is 6.25. The highest BCUT2D eigenvalue weighted by atomic mass is 35.5. The molecule has 1 aromatic heterocycles. The number of aromatic nitrogens is 1. The summed E-state index contributed by atoms with van der Waals surface area (Å²) < 4.78 is 30.1. The molecule has 0 spiro atoms. The number of nitrogens with one attached hydrogen (secondary N) is 1. The summed E-state index contributed by atoms with van der Waals surface area (Å²) >= 11 is 5.99. The molecular formula is C21H21ClN2O3S. The van der Waals surface area contributed by atoms with Gasteiger partial charge in [-0.05, 0) is 42.3 Å². The summed E-state index contributed by atoms with van der Waals surface area (Å²) in [5.74, 6) is -0.142. The molecule has 0 fully saturated rings. The molecule has 2 aromatic carbocycles. The zero-order valence-corrected chi connectivity index (χ0v) is 17.4. The van der Waals surface area contributed by atoms with Crippen LogP contribution in [0.2, 0.25) is 5.02 Å². The van der Waals surface area contributed by atoms with Crippen LogP contribution in [0.1, 0.15) is 29.4 Å². The fraction of sp³-hybridized carbons (Fsp3) is 0.190. The van der Waals surface area contributed by atoms with E-state index in [1.807, 2.05) is 12.1 Å². The highest BCUT2D eigenvalue weighted by Gasteiger charge is 2.26. The molecule has 0 amide bonds. The Morgan fingerprint density at radius 3 is 2.25 bits per heavy atom.